The first kappa shape index (κ1) is 17.4. The molecule has 4 heteroatoms. The number of rotatable bonds is 8. The van der Waals surface area contributed by atoms with Gasteiger partial charge in [0, 0.05) is 25.2 Å². The van der Waals surface area contributed by atoms with Gasteiger partial charge in [-0.25, -0.2) is 0 Å². The van der Waals surface area contributed by atoms with Crippen molar-refractivity contribution in [3.8, 4) is 6.07 Å². The van der Waals surface area contributed by atoms with Crippen LogP contribution in [-0.4, -0.2) is 60.1 Å². The predicted molar refractivity (Wildman–Crippen MR) is 84.7 cm³/mol. The Morgan fingerprint density at radius 1 is 1.40 bits per heavy atom. The lowest BCUT2D eigenvalue weighted by Gasteiger charge is -2.32. The minimum atomic E-state index is -0.401. The minimum Gasteiger partial charge on any atom is -0.300 e. The third kappa shape index (κ3) is 4.44. The zero-order valence-electron chi connectivity index (χ0n) is 13.9. The van der Waals surface area contributed by atoms with Crippen molar-refractivity contribution in [1.29, 1.82) is 5.26 Å². The predicted octanol–water partition coefficient (Wildman–Crippen LogP) is 2.07. The van der Waals surface area contributed by atoms with Gasteiger partial charge in [-0.1, -0.05) is 20.8 Å². The molecular weight excluding hydrogens is 248 g/mol. The van der Waals surface area contributed by atoms with Gasteiger partial charge in [-0.3, -0.25) is 15.1 Å². The summed E-state index contributed by atoms with van der Waals surface area (Å²) in [4.78, 5) is 5.11. The smallest absolute Gasteiger partial charge is 0.105 e. The van der Waals surface area contributed by atoms with Crippen molar-refractivity contribution in [2.24, 2.45) is 0 Å². The van der Waals surface area contributed by atoms with E-state index in [9.17, 15) is 5.26 Å². The monoisotopic (exact) mass is 280 g/mol. The Kier molecular flexibility index (Phi) is 6.94. The molecule has 0 bridgehead atoms. The largest absolute Gasteiger partial charge is 0.300 e. The van der Waals surface area contributed by atoms with Gasteiger partial charge < -0.3 is 0 Å². The van der Waals surface area contributed by atoms with E-state index in [1.807, 2.05) is 6.92 Å². The molecule has 3 atom stereocenters. The SMILES string of the molecule is CCNC(C)(C#N)CC(C)N1CCC(N(CC)CC)C1. The fourth-order valence-electron chi connectivity index (χ4n) is 3.47. The molecule has 1 rings (SSSR count). The average Bonchev–Trinajstić information content (AvgIpc) is 2.90. The molecule has 1 saturated heterocycles. The van der Waals surface area contributed by atoms with E-state index in [0.29, 0.717) is 12.1 Å². The van der Waals surface area contributed by atoms with Crippen LogP contribution in [0.25, 0.3) is 0 Å². The molecule has 0 aromatic carbocycles. The van der Waals surface area contributed by atoms with E-state index in [0.717, 1.165) is 39.1 Å². The molecule has 0 aromatic heterocycles. The molecule has 1 aliphatic rings. The van der Waals surface area contributed by atoms with Crippen LogP contribution in [0.3, 0.4) is 0 Å². The van der Waals surface area contributed by atoms with E-state index in [2.05, 4.69) is 48.9 Å². The van der Waals surface area contributed by atoms with Crippen LogP contribution >= 0.6 is 0 Å². The summed E-state index contributed by atoms with van der Waals surface area (Å²) in [6, 6.07) is 3.59. The quantitative estimate of drug-likeness (QED) is 0.739. The summed E-state index contributed by atoms with van der Waals surface area (Å²) >= 11 is 0. The zero-order chi connectivity index (χ0) is 15.2. The third-order valence-electron chi connectivity index (χ3n) is 4.66. The number of nitrogens with one attached hydrogen (secondary N) is 1. The molecule has 4 nitrogen and oxygen atoms in total. The molecule has 116 valence electrons. The highest BCUT2D eigenvalue weighted by Crippen LogP contribution is 2.22. The number of likely N-dealkylation sites (tertiary alicyclic amines) is 1. The Morgan fingerprint density at radius 3 is 2.55 bits per heavy atom. The lowest BCUT2D eigenvalue weighted by molar-refractivity contribution is 0.176. The average molecular weight is 280 g/mol. The molecule has 0 aromatic rings. The first-order valence-electron chi connectivity index (χ1n) is 8.14. The second-order valence-electron chi connectivity index (χ2n) is 6.19. The van der Waals surface area contributed by atoms with Gasteiger partial charge in [0.1, 0.15) is 5.54 Å². The molecule has 1 N–H and O–H groups in total. The van der Waals surface area contributed by atoms with Crippen LogP contribution in [0.4, 0.5) is 0 Å². The van der Waals surface area contributed by atoms with E-state index < -0.39 is 5.54 Å². The van der Waals surface area contributed by atoms with E-state index in [-0.39, 0.29) is 0 Å². The molecule has 1 aliphatic heterocycles. The molecule has 0 spiro atoms. The van der Waals surface area contributed by atoms with Gasteiger partial charge in [0.25, 0.3) is 0 Å². The van der Waals surface area contributed by atoms with Crippen molar-refractivity contribution >= 4 is 0 Å². The van der Waals surface area contributed by atoms with Crippen LogP contribution < -0.4 is 5.32 Å². The molecular formula is C16H32N4. The molecule has 1 heterocycles. The highest BCUT2D eigenvalue weighted by molar-refractivity contribution is 5.05. The molecule has 0 aliphatic carbocycles. The lowest BCUT2D eigenvalue weighted by Crippen LogP contribution is -2.47. The topological polar surface area (TPSA) is 42.3 Å². The van der Waals surface area contributed by atoms with Gasteiger partial charge in [0.15, 0.2) is 0 Å². The molecule has 0 amide bonds. The van der Waals surface area contributed by atoms with Crippen molar-refractivity contribution in [1.82, 2.24) is 15.1 Å². The molecule has 0 saturated carbocycles. The normalized spacial score (nSPS) is 24.6. The van der Waals surface area contributed by atoms with Crippen molar-refractivity contribution in [2.45, 2.75) is 65.1 Å². The number of hydrogen-bond acceptors (Lipinski definition) is 4. The fraction of sp³-hybridized carbons (Fsp3) is 0.938. The van der Waals surface area contributed by atoms with Crippen molar-refractivity contribution < 1.29 is 0 Å². The van der Waals surface area contributed by atoms with Crippen molar-refractivity contribution in [3.63, 3.8) is 0 Å². The number of nitriles is 1. The maximum Gasteiger partial charge on any atom is 0.105 e. The third-order valence-corrected chi connectivity index (χ3v) is 4.66. The summed E-state index contributed by atoms with van der Waals surface area (Å²) in [6.07, 6.45) is 2.15. The van der Waals surface area contributed by atoms with Gasteiger partial charge in [-0.2, -0.15) is 5.26 Å². The van der Waals surface area contributed by atoms with E-state index in [1.165, 1.54) is 6.42 Å². The Bertz CT molecular complexity index is 321. The van der Waals surface area contributed by atoms with E-state index >= 15 is 0 Å². The Morgan fingerprint density at radius 2 is 2.05 bits per heavy atom. The Balaban J connectivity index is 2.54. The molecule has 20 heavy (non-hydrogen) atoms. The van der Waals surface area contributed by atoms with E-state index in [4.69, 9.17) is 0 Å². The van der Waals surface area contributed by atoms with Crippen LogP contribution in [0.2, 0.25) is 0 Å². The second kappa shape index (κ2) is 7.97. The minimum absolute atomic E-state index is 0.401. The van der Waals surface area contributed by atoms with Gasteiger partial charge in [-0.15, -0.1) is 0 Å². The first-order valence-corrected chi connectivity index (χ1v) is 8.14. The first-order chi connectivity index (χ1) is 9.49. The molecule has 1 fully saturated rings. The van der Waals surface area contributed by atoms with Gasteiger partial charge in [0.2, 0.25) is 0 Å². The summed E-state index contributed by atoms with van der Waals surface area (Å²) in [5.41, 5.74) is -0.401. The Labute approximate surface area is 125 Å². The van der Waals surface area contributed by atoms with Crippen LogP contribution in [0.5, 0.6) is 0 Å². The maximum atomic E-state index is 9.39. The number of likely N-dealkylation sites (N-methyl/N-ethyl adjacent to an activating group) is 1. The van der Waals surface area contributed by atoms with Gasteiger partial charge in [0.05, 0.1) is 6.07 Å². The highest BCUT2D eigenvalue weighted by Gasteiger charge is 2.33. The summed E-state index contributed by atoms with van der Waals surface area (Å²) in [5.74, 6) is 0. The maximum absolute atomic E-state index is 9.39. The van der Waals surface area contributed by atoms with Gasteiger partial charge in [-0.05, 0) is 46.3 Å². The summed E-state index contributed by atoms with van der Waals surface area (Å²) in [7, 11) is 0. The molecule has 0 radical (unpaired) electrons. The Hall–Kier alpha value is -0.630. The van der Waals surface area contributed by atoms with Crippen molar-refractivity contribution in [2.75, 3.05) is 32.7 Å². The zero-order valence-corrected chi connectivity index (χ0v) is 13.9. The van der Waals surface area contributed by atoms with Gasteiger partial charge >= 0.3 is 0 Å². The lowest BCUT2D eigenvalue weighted by atomic mass is 9.94. The fourth-order valence-corrected chi connectivity index (χ4v) is 3.47. The van der Waals surface area contributed by atoms with Crippen LogP contribution in [0, 0.1) is 11.3 Å². The van der Waals surface area contributed by atoms with Crippen LogP contribution in [0.15, 0.2) is 0 Å². The van der Waals surface area contributed by atoms with E-state index in [1.54, 1.807) is 0 Å². The molecule has 3 unspecified atom stereocenters. The summed E-state index contributed by atoms with van der Waals surface area (Å²) < 4.78 is 0. The second-order valence-corrected chi connectivity index (χ2v) is 6.19. The summed E-state index contributed by atoms with van der Waals surface area (Å²) in [5, 5.41) is 12.7. The number of hydrogen-bond donors (Lipinski definition) is 1. The standard InChI is InChI=1S/C16H32N4/c1-6-18-16(5,13-17)11-14(4)20-10-9-15(12-20)19(7-2)8-3/h14-15,18H,6-12H2,1-5H3. The van der Waals surface area contributed by atoms with Crippen molar-refractivity contribution in [3.05, 3.63) is 0 Å². The van der Waals surface area contributed by atoms with Crippen LogP contribution in [0.1, 0.15) is 47.5 Å². The highest BCUT2D eigenvalue weighted by atomic mass is 15.3. The summed E-state index contributed by atoms with van der Waals surface area (Å²) in [6.45, 7) is 16.3. The van der Waals surface area contributed by atoms with Crippen LogP contribution in [-0.2, 0) is 0 Å². The number of nitrogens with zero attached hydrogens (tertiary/aromatic N) is 3.